The van der Waals surface area contributed by atoms with Gasteiger partial charge >= 0.3 is 0 Å². The molecule has 0 fully saturated rings. The minimum atomic E-state index is -0.532. The average Bonchev–Trinajstić information content (AvgIpc) is 3.99. The van der Waals surface area contributed by atoms with Gasteiger partial charge in [-0.05, 0) is 100 Å². The van der Waals surface area contributed by atoms with Crippen LogP contribution in [0.3, 0.4) is 0 Å². The Bertz CT molecular complexity index is 3600. The standard InChI is InChI=1S/C59H38N2O/c1-3-16-39(17-4-1)59(40-18-5-2-6-19-40)52-25-11-7-20-44(52)45-35-34-43(38-53(45)59)60(54-28-15-24-50-48(54)36-37-51-49-23-10-14-29-57(49)62-58(50)51)41-30-32-42(33-31-41)61-55-26-12-8-21-46(55)47-22-9-13-27-56(47)61/h1-38H. The van der Waals surface area contributed by atoms with Gasteiger partial charge in [0.1, 0.15) is 11.2 Å². The molecule has 290 valence electrons. The van der Waals surface area contributed by atoms with Crippen LogP contribution in [0.5, 0.6) is 0 Å². The highest BCUT2D eigenvalue weighted by Gasteiger charge is 2.46. The van der Waals surface area contributed by atoms with Gasteiger partial charge in [0.25, 0.3) is 0 Å². The molecule has 12 aromatic rings. The number of aromatic nitrogens is 1. The second-order valence-electron chi connectivity index (χ2n) is 16.4. The number of para-hydroxylation sites is 3. The summed E-state index contributed by atoms with van der Waals surface area (Å²) in [5.74, 6) is 0. The molecule has 0 unspecified atom stereocenters. The molecule has 0 N–H and O–H groups in total. The SMILES string of the molecule is c1ccc(C2(c3ccccc3)c3ccccc3-c3ccc(N(c4ccc(-n5c6ccccc6c6ccccc65)cc4)c4cccc5c4ccc4c6ccccc6oc54)cc32)cc1. The van der Waals surface area contributed by atoms with Crippen molar-refractivity contribution in [1.29, 1.82) is 0 Å². The monoisotopic (exact) mass is 790 g/mol. The molecule has 0 atom stereocenters. The van der Waals surface area contributed by atoms with Crippen LogP contribution in [-0.2, 0) is 5.41 Å². The summed E-state index contributed by atoms with van der Waals surface area (Å²) in [7, 11) is 0. The van der Waals surface area contributed by atoms with Crippen LogP contribution in [0.4, 0.5) is 17.1 Å². The van der Waals surface area contributed by atoms with Crippen LogP contribution >= 0.6 is 0 Å². The lowest BCUT2D eigenvalue weighted by atomic mass is 9.67. The number of anilines is 3. The molecule has 0 spiro atoms. The smallest absolute Gasteiger partial charge is 0.143 e. The summed E-state index contributed by atoms with van der Waals surface area (Å²) in [5.41, 5.74) is 15.6. The van der Waals surface area contributed by atoms with Crippen molar-refractivity contribution in [2.45, 2.75) is 5.41 Å². The molecule has 0 saturated carbocycles. The van der Waals surface area contributed by atoms with Gasteiger partial charge in [-0.1, -0.05) is 164 Å². The predicted octanol–water partition coefficient (Wildman–Crippen LogP) is 15.7. The van der Waals surface area contributed by atoms with Crippen molar-refractivity contribution < 1.29 is 4.42 Å². The van der Waals surface area contributed by atoms with Gasteiger partial charge in [0.05, 0.1) is 22.1 Å². The zero-order chi connectivity index (χ0) is 40.8. The van der Waals surface area contributed by atoms with Crippen LogP contribution in [0.25, 0.3) is 71.3 Å². The molecule has 3 nitrogen and oxygen atoms in total. The van der Waals surface area contributed by atoms with E-state index in [1.807, 2.05) is 6.07 Å². The summed E-state index contributed by atoms with van der Waals surface area (Å²) < 4.78 is 9.02. The highest BCUT2D eigenvalue weighted by atomic mass is 16.3. The zero-order valence-electron chi connectivity index (χ0n) is 33.7. The molecule has 10 aromatic carbocycles. The van der Waals surface area contributed by atoms with Gasteiger partial charge in [-0.15, -0.1) is 0 Å². The van der Waals surface area contributed by atoms with Gasteiger partial charge in [-0.2, -0.15) is 0 Å². The van der Waals surface area contributed by atoms with Crippen LogP contribution < -0.4 is 4.90 Å². The minimum Gasteiger partial charge on any atom is -0.455 e. The number of hydrogen-bond acceptors (Lipinski definition) is 2. The molecule has 2 heterocycles. The normalized spacial score (nSPS) is 13.0. The first-order chi connectivity index (χ1) is 30.8. The van der Waals surface area contributed by atoms with E-state index in [4.69, 9.17) is 4.42 Å². The van der Waals surface area contributed by atoms with E-state index in [0.717, 1.165) is 55.5 Å². The topological polar surface area (TPSA) is 21.3 Å². The van der Waals surface area contributed by atoms with Gasteiger partial charge in [-0.3, -0.25) is 0 Å². The molecular weight excluding hydrogens is 753 g/mol. The van der Waals surface area contributed by atoms with E-state index in [1.54, 1.807) is 0 Å². The zero-order valence-corrected chi connectivity index (χ0v) is 33.7. The molecule has 0 saturated heterocycles. The molecular formula is C59H38N2O. The van der Waals surface area contributed by atoms with E-state index in [2.05, 4.69) is 234 Å². The van der Waals surface area contributed by atoms with Gasteiger partial charge in [-0.25, -0.2) is 0 Å². The Morgan fingerprint density at radius 1 is 0.371 bits per heavy atom. The Morgan fingerprint density at radius 3 is 1.65 bits per heavy atom. The molecule has 2 aromatic heterocycles. The van der Waals surface area contributed by atoms with Gasteiger partial charge < -0.3 is 13.9 Å². The van der Waals surface area contributed by atoms with E-state index >= 15 is 0 Å². The first-order valence-corrected chi connectivity index (χ1v) is 21.3. The molecule has 13 rings (SSSR count). The number of furan rings is 1. The first-order valence-electron chi connectivity index (χ1n) is 21.3. The quantitative estimate of drug-likeness (QED) is 0.167. The molecule has 0 bridgehead atoms. The maximum Gasteiger partial charge on any atom is 0.143 e. The van der Waals surface area contributed by atoms with Crippen molar-refractivity contribution in [1.82, 2.24) is 4.57 Å². The number of nitrogens with zero attached hydrogens (tertiary/aromatic N) is 2. The van der Waals surface area contributed by atoms with Crippen molar-refractivity contribution in [2.24, 2.45) is 0 Å². The lowest BCUT2D eigenvalue weighted by Crippen LogP contribution is -2.28. The number of benzene rings is 10. The van der Waals surface area contributed by atoms with Crippen LogP contribution in [-0.4, -0.2) is 4.57 Å². The Hall–Kier alpha value is -8.14. The number of hydrogen-bond donors (Lipinski definition) is 0. The van der Waals surface area contributed by atoms with Crippen LogP contribution in [0, 0.1) is 0 Å². The van der Waals surface area contributed by atoms with E-state index in [-0.39, 0.29) is 0 Å². The lowest BCUT2D eigenvalue weighted by molar-refractivity contribution is 0.672. The van der Waals surface area contributed by atoms with Crippen LogP contribution in [0.2, 0.25) is 0 Å². The second kappa shape index (κ2) is 13.4. The van der Waals surface area contributed by atoms with Crippen LogP contribution in [0.15, 0.2) is 235 Å². The average molecular weight is 791 g/mol. The summed E-state index contributed by atoms with van der Waals surface area (Å²) >= 11 is 0. The summed E-state index contributed by atoms with van der Waals surface area (Å²) in [5, 5.41) is 6.95. The Kier molecular flexibility index (Phi) is 7.52. The first kappa shape index (κ1) is 34.7. The van der Waals surface area contributed by atoms with E-state index < -0.39 is 5.41 Å². The van der Waals surface area contributed by atoms with E-state index in [1.165, 1.54) is 55.2 Å². The van der Waals surface area contributed by atoms with Crippen molar-refractivity contribution >= 4 is 71.6 Å². The van der Waals surface area contributed by atoms with Crippen molar-refractivity contribution in [2.75, 3.05) is 4.90 Å². The Balaban J connectivity index is 1.07. The van der Waals surface area contributed by atoms with Crippen molar-refractivity contribution in [3.05, 3.63) is 253 Å². The fraction of sp³-hybridized carbons (Fsp3) is 0.0169. The molecule has 62 heavy (non-hydrogen) atoms. The summed E-state index contributed by atoms with van der Waals surface area (Å²) in [4.78, 5) is 2.44. The van der Waals surface area contributed by atoms with Gasteiger partial charge in [0, 0.05) is 49.4 Å². The maximum atomic E-state index is 6.64. The third-order valence-electron chi connectivity index (χ3n) is 13.3. The summed E-state index contributed by atoms with van der Waals surface area (Å²) in [6, 6.07) is 84.1. The largest absolute Gasteiger partial charge is 0.455 e. The fourth-order valence-corrected chi connectivity index (χ4v) is 10.7. The lowest BCUT2D eigenvalue weighted by Gasteiger charge is -2.35. The fourth-order valence-electron chi connectivity index (χ4n) is 10.7. The maximum absolute atomic E-state index is 6.64. The Morgan fingerprint density at radius 2 is 0.919 bits per heavy atom. The van der Waals surface area contributed by atoms with Crippen molar-refractivity contribution in [3.63, 3.8) is 0 Å². The number of rotatable bonds is 6. The van der Waals surface area contributed by atoms with Crippen molar-refractivity contribution in [3.8, 4) is 16.8 Å². The number of fused-ring (bicyclic) bond motifs is 11. The molecule has 1 aliphatic rings. The molecule has 3 heteroatoms. The Labute approximate surface area is 359 Å². The summed E-state index contributed by atoms with van der Waals surface area (Å²) in [6.07, 6.45) is 0. The molecule has 1 aliphatic carbocycles. The third kappa shape index (κ3) is 4.88. The highest BCUT2D eigenvalue weighted by molar-refractivity contribution is 6.18. The van der Waals surface area contributed by atoms with E-state index in [0.29, 0.717) is 0 Å². The molecule has 0 aliphatic heterocycles. The van der Waals surface area contributed by atoms with Crippen LogP contribution in [0.1, 0.15) is 22.3 Å². The minimum absolute atomic E-state index is 0.532. The second-order valence-corrected chi connectivity index (χ2v) is 16.4. The predicted molar refractivity (Wildman–Crippen MR) is 258 cm³/mol. The third-order valence-corrected chi connectivity index (χ3v) is 13.3. The highest BCUT2D eigenvalue weighted by Crippen LogP contribution is 2.57. The molecule has 0 radical (unpaired) electrons. The van der Waals surface area contributed by atoms with Gasteiger partial charge in [0.15, 0.2) is 0 Å². The summed E-state index contributed by atoms with van der Waals surface area (Å²) in [6.45, 7) is 0. The van der Waals surface area contributed by atoms with E-state index in [9.17, 15) is 0 Å². The van der Waals surface area contributed by atoms with Gasteiger partial charge in [0.2, 0.25) is 0 Å². The molecule has 0 amide bonds.